The first kappa shape index (κ1) is 7.75. The number of thiazole rings is 1. The summed E-state index contributed by atoms with van der Waals surface area (Å²) >= 11 is 2.63. The van der Waals surface area contributed by atoms with Gasteiger partial charge in [0.15, 0.2) is 0 Å². The van der Waals surface area contributed by atoms with Crippen LogP contribution < -0.4 is 5.01 Å². The maximum absolute atomic E-state index is 11.2. The van der Waals surface area contributed by atoms with Crippen LogP contribution in [0.1, 0.15) is 0 Å². The molecular formula is C6H5N3OS2. The molecule has 0 unspecified atom stereocenters. The molecule has 1 amide bonds. The fraction of sp³-hybridized carbons (Fsp3) is 0.167. The molecule has 1 aromatic heterocycles. The van der Waals surface area contributed by atoms with E-state index in [9.17, 15) is 4.79 Å². The van der Waals surface area contributed by atoms with Gasteiger partial charge in [0.1, 0.15) is 0 Å². The molecule has 2 rings (SSSR count). The van der Waals surface area contributed by atoms with E-state index in [1.807, 2.05) is 5.38 Å². The molecule has 0 fully saturated rings. The van der Waals surface area contributed by atoms with Gasteiger partial charge >= 0.3 is 5.24 Å². The lowest BCUT2D eigenvalue weighted by molar-refractivity contribution is 0.265. The minimum absolute atomic E-state index is 0.0625. The average Bonchev–Trinajstić information content (AvgIpc) is 2.57. The van der Waals surface area contributed by atoms with Crippen molar-refractivity contribution in [2.24, 2.45) is 5.10 Å². The van der Waals surface area contributed by atoms with Gasteiger partial charge < -0.3 is 0 Å². The molecule has 1 aliphatic rings. The lowest BCUT2D eigenvalue weighted by Crippen LogP contribution is -2.24. The van der Waals surface area contributed by atoms with Gasteiger partial charge in [-0.2, -0.15) is 10.1 Å². The third-order valence-corrected chi connectivity index (χ3v) is 2.73. The normalized spacial score (nSPS) is 17.0. The second-order valence-corrected chi connectivity index (χ2v) is 3.85. The highest BCUT2D eigenvalue weighted by atomic mass is 32.2. The summed E-state index contributed by atoms with van der Waals surface area (Å²) in [6.45, 7) is 0. The van der Waals surface area contributed by atoms with Crippen molar-refractivity contribution < 1.29 is 4.79 Å². The van der Waals surface area contributed by atoms with Crippen molar-refractivity contribution >= 4 is 39.7 Å². The van der Waals surface area contributed by atoms with Gasteiger partial charge in [-0.3, -0.25) is 4.79 Å². The number of anilines is 1. The number of aromatic nitrogens is 1. The number of amides is 1. The predicted molar refractivity (Wildman–Crippen MR) is 50.9 cm³/mol. The molecule has 0 atom stereocenters. The quantitative estimate of drug-likeness (QED) is 0.692. The van der Waals surface area contributed by atoms with Crippen LogP contribution in [0.5, 0.6) is 0 Å². The minimum atomic E-state index is -0.0625. The summed E-state index contributed by atoms with van der Waals surface area (Å²) in [5.74, 6) is 0.653. The van der Waals surface area contributed by atoms with Gasteiger partial charge in [-0.1, -0.05) is 11.8 Å². The number of hydrazone groups is 1. The molecule has 12 heavy (non-hydrogen) atoms. The zero-order valence-electron chi connectivity index (χ0n) is 6.01. The van der Waals surface area contributed by atoms with Crippen LogP contribution in [0.15, 0.2) is 16.7 Å². The zero-order chi connectivity index (χ0) is 8.39. The van der Waals surface area contributed by atoms with E-state index >= 15 is 0 Å². The average molecular weight is 199 g/mol. The summed E-state index contributed by atoms with van der Waals surface area (Å²) < 4.78 is 0. The van der Waals surface area contributed by atoms with Gasteiger partial charge in [0.05, 0.1) is 0 Å². The molecule has 0 N–H and O–H groups in total. The van der Waals surface area contributed by atoms with E-state index in [0.29, 0.717) is 10.9 Å². The van der Waals surface area contributed by atoms with Gasteiger partial charge in [-0.15, -0.1) is 11.3 Å². The number of carbonyl (C=O) groups is 1. The number of rotatable bonds is 1. The van der Waals surface area contributed by atoms with Crippen molar-refractivity contribution in [3.8, 4) is 0 Å². The second-order valence-electron chi connectivity index (χ2n) is 2.00. The molecule has 0 bridgehead atoms. The van der Waals surface area contributed by atoms with Crippen LogP contribution in [-0.4, -0.2) is 22.2 Å². The number of hydrogen-bond donors (Lipinski definition) is 0. The number of thioether (sulfide) groups is 1. The van der Waals surface area contributed by atoms with E-state index in [4.69, 9.17) is 0 Å². The lowest BCUT2D eigenvalue weighted by atomic mass is 10.8. The van der Waals surface area contributed by atoms with E-state index in [1.54, 1.807) is 12.4 Å². The molecule has 0 saturated carbocycles. The van der Waals surface area contributed by atoms with Crippen molar-refractivity contribution in [2.45, 2.75) is 0 Å². The topological polar surface area (TPSA) is 45.6 Å². The van der Waals surface area contributed by atoms with Crippen LogP contribution in [-0.2, 0) is 0 Å². The summed E-state index contributed by atoms with van der Waals surface area (Å²) in [5.41, 5.74) is 0. The highest BCUT2D eigenvalue weighted by molar-refractivity contribution is 8.14. The Bertz CT molecular complexity index is 309. The van der Waals surface area contributed by atoms with Crippen LogP contribution in [0.3, 0.4) is 0 Å². The van der Waals surface area contributed by atoms with Crippen LogP contribution in [0.4, 0.5) is 9.93 Å². The molecular weight excluding hydrogens is 194 g/mol. The predicted octanol–water partition coefficient (Wildman–Crippen LogP) is 1.80. The van der Waals surface area contributed by atoms with Crippen molar-refractivity contribution in [2.75, 3.05) is 10.8 Å². The molecule has 0 radical (unpaired) electrons. The Kier molecular flexibility index (Phi) is 2.09. The summed E-state index contributed by atoms with van der Waals surface area (Å²) in [6.07, 6.45) is 3.36. The van der Waals surface area contributed by atoms with Crippen molar-refractivity contribution in [1.82, 2.24) is 4.98 Å². The Morgan fingerprint density at radius 2 is 2.50 bits per heavy atom. The van der Waals surface area contributed by atoms with Crippen LogP contribution >= 0.6 is 23.1 Å². The molecule has 62 valence electrons. The summed E-state index contributed by atoms with van der Waals surface area (Å²) in [5, 5.41) is 7.64. The largest absolute Gasteiger partial charge is 0.309 e. The first-order chi connectivity index (χ1) is 5.88. The van der Waals surface area contributed by atoms with E-state index in [1.165, 1.54) is 28.1 Å². The molecule has 1 aromatic rings. The third kappa shape index (κ3) is 1.35. The Labute approximate surface area is 77.3 Å². The Balaban J connectivity index is 2.28. The van der Waals surface area contributed by atoms with Gasteiger partial charge in [0.2, 0.25) is 5.13 Å². The molecule has 0 spiro atoms. The summed E-state index contributed by atoms with van der Waals surface area (Å²) in [6, 6.07) is 0. The SMILES string of the molecule is O=C1SCC=NN1c1nccs1. The maximum Gasteiger partial charge on any atom is 0.309 e. The number of nitrogens with zero attached hydrogens (tertiary/aromatic N) is 3. The number of carbonyl (C=O) groups excluding carboxylic acids is 1. The fourth-order valence-electron chi connectivity index (χ4n) is 0.780. The Morgan fingerprint density at radius 1 is 1.58 bits per heavy atom. The van der Waals surface area contributed by atoms with Gasteiger partial charge in [-0.05, 0) is 0 Å². The second kappa shape index (κ2) is 3.24. The highest BCUT2D eigenvalue weighted by Gasteiger charge is 2.19. The van der Waals surface area contributed by atoms with E-state index in [-0.39, 0.29) is 5.24 Å². The minimum Gasteiger partial charge on any atom is -0.259 e. The highest BCUT2D eigenvalue weighted by Crippen LogP contribution is 2.23. The van der Waals surface area contributed by atoms with Crippen molar-refractivity contribution in [3.63, 3.8) is 0 Å². The zero-order valence-corrected chi connectivity index (χ0v) is 7.64. The fourth-order valence-corrected chi connectivity index (χ4v) is 1.97. The Hall–Kier alpha value is -0.880. The molecule has 4 nitrogen and oxygen atoms in total. The summed E-state index contributed by atoms with van der Waals surface area (Å²) in [4.78, 5) is 15.2. The molecule has 0 aromatic carbocycles. The smallest absolute Gasteiger partial charge is 0.259 e. The first-order valence-electron chi connectivity index (χ1n) is 3.27. The van der Waals surface area contributed by atoms with Gasteiger partial charge in [0.25, 0.3) is 0 Å². The molecule has 2 heterocycles. The van der Waals surface area contributed by atoms with E-state index in [2.05, 4.69) is 10.1 Å². The third-order valence-electron chi connectivity index (χ3n) is 1.25. The molecule has 0 saturated heterocycles. The van der Waals surface area contributed by atoms with E-state index in [0.717, 1.165) is 0 Å². The monoisotopic (exact) mass is 199 g/mol. The van der Waals surface area contributed by atoms with Crippen molar-refractivity contribution in [3.05, 3.63) is 11.6 Å². The molecule has 6 heteroatoms. The van der Waals surface area contributed by atoms with Crippen LogP contribution in [0.25, 0.3) is 0 Å². The standard InChI is InChI=1S/C6H5N3OS2/c10-6-9(8-2-4-12-6)5-7-1-3-11-5/h1-3H,4H2. The summed E-state index contributed by atoms with van der Waals surface area (Å²) in [7, 11) is 0. The maximum atomic E-state index is 11.2. The lowest BCUT2D eigenvalue weighted by Gasteiger charge is -2.15. The van der Waals surface area contributed by atoms with Crippen LogP contribution in [0.2, 0.25) is 0 Å². The first-order valence-corrected chi connectivity index (χ1v) is 5.13. The number of hydrogen-bond acceptors (Lipinski definition) is 5. The molecule has 0 aliphatic carbocycles. The van der Waals surface area contributed by atoms with Crippen molar-refractivity contribution in [1.29, 1.82) is 0 Å². The van der Waals surface area contributed by atoms with E-state index < -0.39 is 0 Å². The van der Waals surface area contributed by atoms with Gasteiger partial charge in [0, 0.05) is 23.5 Å². The van der Waals surface area contributed by atoms with Crippen LogP contribution in [0, 0.1) is 0 Å². The van der Waals surface area contributed by atoms with Gasteiger partial charge in [-0.25, -0.2) is 4.98 Å². The molecule has 1 aliphatic heterocycles. The Morgan fingerprint density at radius 3 is 3.17 bits per heavy atom.